The van der Waals surface area contributed by atoms with Gasteiger partial charge < -0.3 is 10.0 Å². The fourth-order valence-corrected chi connectivity index (χ4v) is 2.90. The highest BCUT2D eigenvalue weighted by Crippen LogP contribution is 2.28. The molecule has 0 spiro atoms. The highest BCUT2D eigenvalue weighted by molar-refractivity contribution is 5.82. The second kappa shape index (κ2) is 6.20. The summed E-state index contributed by atoms with van der Waals surface area (Å²) in [6.07, 6.45) is 1.93. The Morgan fingerprint density at radius 1 is 1.26 bits per heavy atom. The summed E-state index contributed by atoms with van der Waals surface area (Å²) < 4.78 is 0. The van der Waals surface area contributed by atoms with Crippen LogP contribution in [0.4, 0.5) is 0 Å². The number of pyridine rings is 1. The van der Waals surface area contributed by atoms with Crippen molar-refractivity contribution in [2.24, 2.45) is 0 Å². The van der Waals surface area contributed by atoms with Crippen LogP contribution in [0.1, 0.15) is 28.3 Å². The summed E-state index contributed by atoms with van der Waals surface area (Å²) in [4.78, 5) is 29.9. The smallest absolute Gasteiger partial charge is 0.312 e. The van der Waals surface area contributed by atoms with E-state index in [1.54, 1.807) is 11.1 Å². The van der Waals surface area contributed by atoms with Gasteiger partial charge >= 0.3 is 5.97 Å². The maximum Gasteiger partial charge on any atom is 0.312 e. The molecule has 1 amide bonds. The predicted molar refractivity (Wildman–Crippen MR) is 84.9 cm³/mol. The number of fused-ring (bicyclic) bond motifs is 1. The molecule has 0 saturated carbocycles. The van der Waals surface area contributed by atoms with Crippen LogP contribution < -0.4 is 0 Å². The van der Waals surface area contributed by atoms with Crippen LogP contribution in [0.25, 0.3) is 0 Å². The predicted octanol–water partition coefficient (Wildman–Crippen LogP) is 2.14. The molecule has 5 nitrogen and oxygen atoms in total. The number of aliphatic carboxylic acids is 1. The Kier molecular flexibility index (Phi) is 4.10. The van der Waals surface area contributed by atoms with Crippen molar-refractivity contribution in [2.45, 2.75) is 25.8 Å². The third kappa shape index (κ3) is 3.23. The summed E-state index contributed by atoms with van der Waals surface area (Å²) in [5.41, 5.74) is 3.45. The van der Waals surface area contributed by atoms with Gasteiger partial charge in [-0.15, -0.1) is 0 Å². The number of carbonyl (C=O) groups is 2. The average molecular weight is 310 g/mol. The van der Waals surface area contributed by atoms with Crippen LogP contribution in [0, 0.1) is 6.92 Å². The lowest BCUT2D eigenvalue weighted by molar-refractivity contribution is -0.141. The minimum absolute atomic E-state index is 0.0728. The van der Waals surface area contributed by atoms with E-state index in [0.29, 0.717) is 6.54 Å². The molecule has 0 saturated heterocycles. The minimum Gasteiger partial charge on any atom is -0.481 e. The molecule has 118 valence electrons. The Hall–Kier alpha value is -2.69. The molecule has 2 aromatic rings. The Morgan fingerprint density at radius 2 is 2.04 bits per heavy atom. The van der Waals surface area contributed by atoms with E-state index in [2.05, 4.69) is 4.98 Å². The maximum absolute atomic E-state index is 12.5. The number of aromatic nitrogens is 1. The molecule has 1 atom stereocenters. The van der Waals surface area contributed by atoms with Gasteiger partial charge in [-0.1, -0.05) is 30.3 Å². The second-order valence-electron chi connectivity index (χ2n) is 5.85. The summed E-state index contributed by atoms with van der Waals surface area (Å²) in [6, 6.07) is 11.2. The molecule has 0 unspecified atom stereocenters. The molecule has 0 bridgehead atoms. The van der Waals surface area contributed by atoms with E-state index in [0.717, 1.165) is 22.4 Å². The summed E-state index contributed by atoms with van der Waals surface area (Å²) in [5.74, 6) is -1.64. The molecule has 1 aromatic carbocycles. The van der Waals surface area contributed by atoms with Crippen molar-refractivity contribution < 1.29 is 14.7 Å². The Balaban J connectivity index is 1.79. The van der Waals surface area contributed by atoms with Crippen molar-refractivity contribution in [2.75, 3.05) is 6.54 Å². The van der Waals surface area contributed by atoms with Crippen molar-refractivity contribution in [1.29, 1.82) is 0 Å². The maximum atomic E-state index is 12.5. The van der Waals surface area contributed by atoms with Crippen LogP contribution in [0.5, 0.6) is 0 Å². The summed E-state index contributed by atoms with van der Waals surface area (Å²) >= 11 is 0. The quantitative estimate of drug-likeness (QED) is 0.943. The number of hydrogen-bond donors (Lipinski definition) is 1. The molecular weight excluding hydrogens is 292 g/mol. The van der Waals surface area contributed by atoms with Gasteiger partial charge in [0, 0.05) is 25.0 Å². The van der Waals surface area contributed by atoms with E-state index < -0.39 is 11.9 Å². The van der Waals surface area contributed by atoms with Crippen molar-refractivity contribution in [3.05, 3.63) is 65.0 Å². The molecule has 1 aliphatic heterocycles. The van der Waals surface area contributed by atoms with Gasteiger partial charge in [-0.05, 0) is 29.7 Å². The zero-order chi connectivity index (χ0) is 16.4. The molecule has 0 aliphatic carbocycles. The first-order valence-corrected chi connectivity index (χ1v) is 7.54. The molecule has 0 radical (unpaired) electrons. The van der Waals surface area contributed by atoms with Crippen LogP contribution >= 0.6 is 0 Å². The molecule has 1 N–H and O–H groups in total. The Morgan fingerprint density at radius 3 is 2.74 bits per heavy atom. The number of nitrogens with zero attached hydrogens (tertiary/aromatic N) is 2. The number of carboxylic acids is 1. The molecule has 5 heteroatoms. The van der Waals surface area contributed by atoms with Crippen molar-refractivity contribution >= 4 is 11.9 Å². The number of carboxylic acid groups (broad SMARTS) is 1. The standard InChI is InChI=1S/C18H18N2O3/c1-12-6-7-13(9-19-12)8-17(21)20-10-14-4-2-3-5-15(14)16(11-20)18(22)23/h2-7,9,16H,8,10-11H2,1H3,(H,22,23)/t16-/m0/s1. The first-order valence-electron chi connectivity index (χ1n) is 7.54. The number of benzene rings is 1. The van der Waals surface area contributed by atoms with E-state index in [4.69, 9.17) is 0 Å². The zero-order valence-electron chi connectivity index (χ0n) is 12.9. The van der Waals surface area contributed by atoms with Gasteiger partial charge in [0.1, 0.15) is 0 Å². The van der Waals surface area contributed by atoms with Crippen LogP contribution in [-0.4, -0.2) is 33.4 Å². The van der Waals surface area contributed by atoms with Gasteiger partial charge in [0.25, 0.3) is 0 Å². The third-order valence-corrected chi connectivity index (χ3v) is 4.17. The lowest BCUT2D eigenvalue weighted by atomic mass is 9.89. The minimum atomic E-state index is -0.896. The van der Waals surface area contributed by atoms with E-state index >= 15 is 0 Å². The molecule has 1 aliphatic rings. The van der Waals surface area contributed by atoms with Crippen LogP contribution in [0.15, 0.2) is 42.6 Å². The molecule has 2 heterocycles. The Bertz CT molecular complexity index is 740. The second-order valence-corrected chi connectivity index (χ2v) is 5.85. The van der Waals surface area contributed by atoms with Crippen molar-refractivity contribution in [3.63, 3.8) is 0 Å². The number of hydrogen-bond acceptors (Lipinski definition) is 3. The number of amides is 1. The first-order chi connectivity index (χ1) is 11.0. The van der Waals surface area contributed by atoms with Crippen molar-refractivity contribution in [3.8, 4) is 0 Å². The lowest BCUT2D eigenvalue weighted by Crippen LogP contribution is -2.41. The number of rotatable bonds is 3. The van der Waals surface area contributed by atoms with Gasteiger partial charge in [-0.3, -0.25) is 14.6 Å². The van der Waals surface area contributed by atoms with Crippen molar-refractivity contribution in [1.82, 2.24) is 9.88 Å². The summed E-state index contributed by atoms with van der Waals surface area (Å²) in [7, 11) is 0. The van der Waals surface area contributed by atoms with E-state index in [9.17, 15) is 14.7 Å². The monoisotopic (exact) mass is 310 g/mol. The third-order valence-electron chi connectivity index (χ3n) is 4.17. The number of aryl methyl sites for hydroxylation is 1. The fraction of sp³-hybridized carbons (Fsp3) is 0.278. The average Bonchev–Trinajstić information content (AvgIpc) is 2.55. The topological polar surface area (TPSA) is 70.5 Å². The largest absolute Gasteiger partial charge is 0.481 e. The molecule has 3 rings (SSSR count). The molecule has 1 aromatic heterocycles. The number of carbonyl (C=O) groups excluding carboxylic acids is 1. The first kappa shape index (κ1) is 15.2. The van der Waals surface area contributed by atoms with Gasteiger partial charge in [0.05, 0.1) is 12.3 Å². The van der Waals surface area contributed by atoms with Gasteiger partial charge in [0.15, 0.2) is 0 Å². The summed E-state index contributed by atoms with van der Waals surface area (Å²) in [5, 5.41) is 9.46. The Labute approximate surface area is 134 Å². The fourth-order valence-electron chi connectivity index (χ4n) is 2.90. The lowest BCUT2D eigenvalue weighted by Gasteiger charge is -2.33. The molecule has 0 fully saturated rings. The van der Waals surface area contributed by atoms with Gasteiger partial charge in [-0.2, -0.15) is 0 Å². The highest BCUT2D eigenvalue weighted by Gasteiger charge is 2.32. The summed E-state index contributed by atoms with van der Waals surface area (Å²) in [6.45, 7) is 2.56. The van der Waals surface area contributed by atoms with E-state index in [1.165, 1.54) is 0 Å². The van der Waals surface area contributed by atoms with Crippen LogP contribution in [0.3, 0.4) is 0 Å². The molecular formula is C18H18N2O3. The zero-order valence-corrected chi connectivity index (χ0v) is 12.9. The van der Waals surface area contributed by atoms with Gasteiger partial charge in [-0.25, -0.2) is 0 Å². The molecule has 23 heavy (non-hydrogen) atoms. The normalized spacial score (nSPS) is 16.7. The van der Waals surface area contributed by atoms with E-state index in [1.807, 2.05) is 43.3 Å². The SMILES string of the molecule is Cc1ccc(CC(=O)N2Cc3ccccc3[C@@H](C(=O)O)C2)cn1. The van der Waals surface area contributed by atoms with E-state index in [-0.39, 0.29) is 18.9 Å². The van der Waals surface area contributed by atoms with Gasteiger partial charge in [0.2, 0.25) is 5.91 Å². The van der Waals surface area contributed by atoms with Crippen LogP contribution in [0.2, 0.25) is 0 Å². The highest BCUT2D eigenvalue weighted by atomic mass is 16.4. The van der Waals surface area contributed by atoms with Crippen LogP contribution in [-0.2, 0) is 22.6 Å².